The lowest BCUT2D eigenvalue weighted by atomic mass is 10.0. The number of amides is 4. The van der Waals surface area contributed by atoms with Gasteiger partial charge in [-0.05, 0) is 60.3 Å². The number of carbonyl (C=O) groups is 4. The Labute approximate surface area is 191 Å². The highest BCUT2D eigenvalue weighted by Gasteiger charge is 2.30. The van der Waals surface area contributed by atoms with Crippen molar-refractivity contribution < 1.29 is 28.7 Å². The molecule has 0 aromatic heterocycles. The van der Waals surface area contributed by atoms with Gasteiger partial charge >= 0.3 is 12.2 Å². The molecular weight excluding hydrogens is 416 g/mol. The fourth-order valence-corrected chi connectivity index (χ4v) is 2.58. The lowest BCUT2D eigenvalue weighted by Crippen LogP contribution is -2.58. The smallest absolute Gasteiger partial charge is 0.408 e. The molecule has 0 aromatic rings. The van der Waals surface area contributed by atoms with Gasteiger partial charge in [0.05, 0.1) is 6.17 Å². The molecule has 0 aromatic carbocycles. The SMILES string of the molecule is CC(NC(=O)[C@H](NC(=O)OC(C)(C)C)C(C)C)NC(=O)[C@H](NC(=O)OC(C)(C)C)C(C)C. The topological polar surface area (TPSA) is 135 Å². The molecular formula is C22H42N4O6. The molecule has 0 fully saturated rings. The molecule has 0 unspecified atom stereocenters. The molecule has 10 heteroatoms. The highest BCUT2D eigenvalue weighted by Crippen LogP contribution is 2.10. The van der Waals surface area contributed by atoms with E-state index in [1.54, 1.807) is 76.2 Å². The molecule has 186 valence electrons. The van der Waals surface area contributed by atoms with E-state index in [4.69, 9.17) is 9.47 Å². The average molecular weight is 459 g/mol. The van der Waals surface area contributed by atoms with Crippen molar-refractivity contribution >= 4 is 24.0 Å². The van der Waals surface area contributed by atoms with Crippen molar-refractivity contribution in [3.8, 4) is 0 Å². The number of hydrogen-bond donors (Lipinski definition) is 4. The normalized spacial score (nSPS) is 13.9. The Morgan fingerprint density at radius 1 is 0.562 bits per heavy atom. The Bertz CT molecular complexity index is 608. The maximum Gasteiger partial charge on any atom is 0.408 e. The van der Waals surface area contributed by atoms with Gasteiger partial charge < -0.3 is 30.7 Å². The highest BCUT2D eigenvalue weighted by atomic mass is 16.6. The van der Waals surface area contributed by atoms with E-state index in [9.17, 15) is 19.2 Å². The van der Waals surface area contributed by atoms with Crippen LogP contribution in [0.15, 0.2) is 0 Å². The van der Waals surface area contributed by atoms with Crippen LogP contribution in [0.3, 0.4) is 0 Å². The van der Waals surface area contributed by atoms with Gasteiger partial charge in [0.1, 0.15) is 23.3 Å². The van der Waals surface area contributed by atoms with E-state index in [2.05, 4.69) is 21.3 Å². The van der Waals surface area contributed by atoms with Crippen LogP contribution in [0.25, 0.3) is 0 Å². The Hall–Kier alpha value is -2.52. The van der Waals surface area contributed by atoms with Crippen molar-refractivity contribution in [3.05, 3.63) is 0 Å². The van der Waals surface area contributed by atoms with Crippen LogP contribution in [-0.2, 0) is 19.1 Å². The van der Waals surface area contributed by atoms with Gasteiger partial charge in [0.25, 0.3) is 0 Å². The minimum Gasteiger partial charge on any atom is -0.444 e. The number of rotatable bonds is 8. The number of alkyl carbamates (subject to hydrolysis) is 2. The second-order valence-electron chi connectivity index (χ2n) is 10.5. The van der Waals surface area contributed by atoms with Crippen molar-refractivity contribution in [2.45, 2.75) is 106 Å². The van der Waals surface area contributed by atoms with E-state index < -0.39 is 53.5 Å². The molecule has 2 atom stereocenters. The van der Waals surface area contributed by atoms with Gasteiger partial charge in [0.2, 0.25) is 11.8 Å². The predicted molar refractivity (Wildman–Crippen MR) is 122 cm³/mol. The Balaban J connectivity index is 5.03. The zero-order chi connectivity index (χ0) is 25.4. The summed E-state index contributed by atoms with van der Waals surface area (Å²) in [7, 11) is 0. The highest BCUT2D eigenvalue weighted by molar-refractivity contribution is 5.88. The summed E-state index contributed by atoms with van der Waals surface area (Å²) in [4.78, 5) is 49.5. The van der Waals surface area contributed by atoms with Crippen molar-refractivity contribution in [1.82, 2.24) is 21.3 Å². The number of carbonyl (C=O) groups excluding carboxylic acids is 4. The maximum absolute atomic E-state index is 12.7. The van der Waals surface area contributed by atoms with Crippen molar-refractivity contribution in [1.29, 1.82) is 0 Å². The summed E-state index contributed by atoms with van der Waals surface area (Å²) in [5.74, 6) is -1.38. The third-order valence-electron chi connectivity index (χ3n) is 3.96. The molecule has 0 heterocycles. The first-order valence-corrected chi connectivity index (χ1v) is 10.9. The molecule has 0 bridgehead atoms. The molecule has 32 heavy (non-hydrogen) atoms. The van der Waals surface area contributed by atoms with Crippen LogP contribution in [0, 0.1) is 11.8 Å². The molecule has 0 aliphatic heterocycles. The van der Waals surface area contributed by atoms with Gasteiger partial charge in [0, 0.05) is 0 Å². The summed E-state index contributed by atoms with van der Waals surface area (Å²) in [5.41, 5.74) is -1.40. The van der Waals surface area contributed by atoms with Gasteiger partial charge in [-0.3, -0.25) is 9.59 Å². The Kier molecular flexibility index (Phi) is 11.0. The summed E-state index contributed by atoms with van der Waals surface area (Å²) in [6.07, 6.45) is -2.16. The second kappa shape index (κ2) is 11.9. The predicted octanol–water partition coefficient (Wildman–Crippen LogP) is 2.66. The van der Waals surface area contributed by atoms with Crippen LogP contribution in [0.4, 0.5) is 9.59 Å². The van der Waals surface area contributed by atoms with E-state index in [0.29, 0.717) is 0 Å². The molecule has 0 saturated carbocycles. The third kappa shape index (κ3) is 12.4. The van der Waals surface area contributed by atoms with Crippen LogP contribution < -0.4 is 21.3 Å². The number of ether oxygens (including phenoxy) is 2. The van der Waals surface area contributed by atoms with Crippen LogP contribution in [-0.4, -0.2) is 53.5 Å². The van der Waals surface area contributed by atoms with Gasteiger partial charge in [0.15, 0.2) is 0 Å². The summed E-state index contributed by atoms with van der Waals surface area (Å²) >= 11 is 0. The quantitative estimate of drug-likeness (QED) is 0.413. The molecule has 0 aliphatic rings. The van der Waals surface area contributed by atoms with Gasteiger partial charge in [-0.15, -0.1) is 0 Å². The van der Waals surface area contributed by atoms with Crippen molar-refractivity contribution in [3.63, 3.8) is 0 Å². The summed E-state index contributed by atoms with van der Waals surface area (Å²) < 4.78 is 10.4. The van der Waals surface area contributed by atoms with E-state index in [0.717, 1.165) is 0 Å². The Morgan fingerprint density at radius 3 is 1.06 bits per heavy atom. The first-order valence-electron chi connectivity index (χ1n) is 10.9. The zero-order valence-electron chi connectivity index (χ0n) is 21.3. The van der Waals surface area contributed by atoms with Crippen LogP contribution in [0.5, 0.6) is 0 Å². The molecule has 0 spiro atoms. The minimum atomic E-state index is -0.856. The average Bonchev–Trinajstić information content (AvgIpc) is 2.53. The number of nitrogens with one attached hydrogen (secondary N) is 4. The lowest BCUT2D eigenvalue weighted by Gasteiger charge is -2.28. The molecule has 0 saturated heterocycles. The molecule has 0 radical (unpaired) electrons. The molecule has 0 aliphatic carbocycles. The van der Waals surface area contributed by atoms with Gasteiger partial charge in [-0.2, -0.15) is 0 Å². The maximum atomic E-state index is 12.7. The molecule has 0 rings (SSSR count). The van der Waals surface area contributed by atoms with Gasteiger partial charge in [-0.25, -0.2) is 9.59 Å². The van der Waals surface area contributed by atoms with Crippen LogP contribution >= 0.6 is 0 Å². The van der Waals surface area contributed by atoms with Crippen LogP contribution in [0.2, 0.25) is 0 Å². The van der Waals surface area contributed by atoms with E-state index in [1.807, 2.05) is 0 Å². The molecule has 10 nitrogen and oxygen atoms in total. The number of hydrogen-bond acceptors (Lipinski definition) is 6. The molecule has 4 amide bonds. The minimum absolute atomic E-state index is 0.220. The third-order valence-corrected chi connectivity index (χ3v) is 3.96. The summed E-state index contributed by atoms with van der Waals surface area (Å²) in [6.45, 7) is 19.1. The van der Waals surface area contributed by atoms with E-state index in [1.165, 1.54) is 0 Å². The van der Waals surface area contributed by atoms with Crippen molar-refractivity contribution in [2.24, 2.45) is 11.8 Å². The fourth-order valence-electron chi connectivity index (χ4n) is 2.58. The van der Waals surface area contributed by atoms with E-state index in [-0.39, 0.29) is 11.8 Å². The summed E-state index contributed by atoms with van der Waals surface area (Å²) in [6, 6.07) is -1.71. The largest absolute Gasteiger partial charge is 0.444 e. The van der Waals surface area contributed by atoms with Crippen molar-refractivity contribution in [2.75, 3.05) is 0 Å². The standard InChI is InChI=1S/C22H42N4O6/c1-12(2)15(25-19(29)31-21(6,7)8)17(27)23-14(5)24-18(28)16(13(3)4)26-20(30)32-22(9,10)11/h12-16H,1-11H3,(H,23,27)(H,24,28)(H,25,29)(H,26,30)/t15-,16-/m1/s1. The molecule has 4 N–H and O–H groups in total. The first-order chi connectivity index (χ1) is 14.3. The second-order valence-corrected chi connectivity index (χ2v) is 10.5. The first kappa shape index (κ1) is 29.5. The summed E-state index contributed by atoms with van der Waals surface area (Å²) in [5, 5.41) is 10.4. The monoisotopic (exact) mass is 458 g/mol. The van der Waals surface area contributed by atoms with E-state index >= 15 is 0 Å². The van der Waals surface area contributed by atoms with Gasteiger partial charge in [-0.1, -0.05) is 27.7 Å². The fraction of sp³-hybridized carbons (Fsp3) is 0.818. The zero-order valence-corrected chi connectivity index (χ0v) is 21.3. The van der Waals surface area contributed by atoms with Crippen LogP contribution in [0.1, 0.15) is 76.2 Å². The lowest BCUT2D eigenvalue weighted by molar-refractivity contribution is -0.127. The Morgan fingerprint density at radius 2 is 0.844 bits per heavy atom.